The molecule has 1 heterocycles. The Morgan fingerprint density at radius 1 is 1.25 bits per heavy atom. The van der Waals surface area contributed by atoms with Gasteiger partial charge in [-0.3, -0.25) is 4.90 Å². The van der Waals surface area contributed by atoms with Gasteiger partial charge in [-0.15, -0.1) is 0 Å². The van der Waals surface area contributed by atoms with E-state index in [9.17, 15) is 0 Å². The first kappa shape index (κ1) is 10.3. The summed E-state index contributed by atoms with van der Waals surface area (Å²) in [5.41, 5.74) is 5.40. The van der Waals surface area contributed by atoms with E-state index in [-0.39, 0.29) is 0 Å². The Hall–Kier alpha value is 0.230. The van der Waals surface area contributed by atoms with Gasteiger partial charge in [-0.05, 0) is 0 Å². The molecule has 0 unspecified atom stereocenters. The first-order valence-electron chi connectivity index (χ1n) is 4.64. The van der Waals surface area contributed by atoms with Gasteiger partial charge in [0.15, 0.2) is 0 Å². The lowest BCUT2D eigenvalue weighted by Crippen LogP contribution is -2.44. The molecule has 0 spiro atoms. The van der Waals surface area contributed by atoms with E-state index < -0.39 is 0 Å². The Balaban J connectivity index is 1.91. The van der Waals surface area contributed by atoms with Crippen molar-refractivity contribution in [1.82, 2.24) is 10.2 Å². The molecule has 0 saturated carbocycles. The summed E-state index contributed by atoms with van der Waals surface area (Å²) in [6.07, 6.45) is 0. The monoisotopic (exact) mass is 189 g/mol. The maximum Gasteiger partial charge on any atom is 0.0108 e. The zero-order valence-corrected chi connectivity index (χ0v) is 8.41. The van der Waals surface area contributed by atoms with Crippen molar-refractivity contribution in [2.24, 2.45) is 5.73 Å². The van der Waals surface area contributed by atoms with Crippen LogP contribution in [0.4, 0.5) is 0 Å². The van der Waals surface area contributed by atoms with Gasteiger partial charge in [0.05, 0.1) is 0 Å². The van der Waals surface area contributed by atoms with Gasteiger partial charge in [-0.1, -0.05) is 0 Å². The topological polar surface area (TPSA) is 41.3 Å². The highest BCUT2D eigenvalue weighted by Gasteiger charge is 2.07. The van der Waals surface area contributed by atoms with E-state index in [4.69, 9.17) is 5.73 Å². The molecule has 72 valence electrons. The van der Waals surface area contributed by atoms with Gasteiger partial charge in [0.25, 0.3) is 0 Å². The van der Waals surface area contributed by atoms with Crippen molar-refractivity contribution in [3.8, 4) is 0 Å². The van der Waals surface area contributed by atoms with Crippen molar-refractivity contribution in [3.63, 3.8) is 0 Å². The summed E-state index contributed by atoms with van der Waals surface area (Å²) in [6.45, 7) is 6.77. The number of piperazine rings is 1. The molecule has 1 aliphatic heterocycles. The van der Waals surface area contributed by atoms with Gasteiger partial charge in [0, 0.05) is 50.8 Å². The molecule has 1 fully saturated rings. The molecule has 0 amide bonds. The number of nitrogens with two attached hydrogens (primary N) is 1. The van der Waals surface area contributed by atoms with Crippen molar-refractivity contribution >= 4 is 11.8 Å². The van der Waals surface area contributed by atoms with E-state index in [1.807, 2.05) is 11.8 Å². The molecule has 0 radical (unpaired) electrons. The summed E-state index contributed by atoms with van der Waals surface area (Å²) in [4.78, 5) is 2.51. The van der Waals surface area contributed by atoms with Gasteiger partial charge < -0.3 is 11.1 Å². The Bertz CT molecular complexity index is 104. The molecule has 1 aliphatic rings. The van der Waals surface area contributed by atoms with Gasteiger partial charge in [-0.25, -0.2) is 0 Å². The number of rotatable bonds is 5. The van der Waals surface area contributed by atoms with E-state index in [2.05, 4.69) is 10.2 Å². The Kier molecular flexibility index (Phi) is 5.77. The zero-order chi connectivity index (χ0) is 8.65. The van der Waals surface area contributed by atoms with Crippen molar-refractivity contribution in [2.75, 3.05) is 50.8 Å². The molecular formula is C8H19N3S. The van der Waals surface area contributed by atoms with Crippen LogP contribution in [0.1, 0.15) is 0 Å². The maximum absolute atomic E-state index is 5.40. The highest BCUT2D eigenvalue weighted by molar-refractivity contribution is 7.99. The van der Waals surface area contributed by atoms with Crippen LogP contribution in [0.3, 0.4) is 0 Å². The van der Waals surface area contributed by atoms with Crippen molar-refractivity contribution in [3.05, 3.63) is 0 Å². The summed E-state index contributed by atoms with van der Waals surface area (Å²) in [7, 11) is 0. The molecule has 0 aromatic rings. The Labute approximate surface area is 79.1 Å². The summed E-state index contributed by atoms with van der Waals surface area (Å²) >= 11 is 1.96. The third-order valence-electron chi connectivity index (χ3n) is 2.02. The summed E-state index contributed by atoms with van der Waals surface area (Å²) in [5, 5.41) is 3.35. The molecular weight excluding hydrogens is 170 g/mol. The van der Waals surface area contributed by atoms with Crippen molar-refractivity contribution < 1.29 is 0 Å². The largest absolute Gasteiger partial charge is 0.330 e. The normalized spacial score (nSPS) is 19.8. The van der Waals surface area contributed by atoms with Crippen LogP contribution in [0.25, 0.3) is 0 Å². The number of hydrogen-bond donors (Lipinski definition) is 2. The summed E-state index contributed by atoms with van der Waals surface area (Å²) < 4.78 is 0. The second-order valence-electron chi connectivity index (χ2n) is 2.99. The van der Waals surface area contributed by atoms with Crippen LogP contribution < -0.4 is 11.1 Å². The lowest BCUT2D eigenvalue weighted by molar-refractivity contribution is 0.255. The third kappa shape index (κ3) is 4.30. The average molecular weight is 189 g/mol. The molecule has 3 N–H and O–H groups in total. The fourth-order valence-corrected chi connectivity index (χ4v) is 2.07. The molecule has 12 heavy (non-hydrogen) atoms. The van der Waals surface area contributed by atoms with Gasteiger partial charge in [0.1, 0.15) is 0 Å². The second kappa shape index (κ2) is 6.71. The van der Waals surface area contributed by atoms with Crippen LogP contribution in [0, 0.1) is 0 Å². The molecule has 1 rings (SSSR count). The Morgan fingerprint density at radius 3 is 2.67 bits per heavy atom. The summed E-state index contributed by atoms with van der Waals surface area (Å²) in [6, 6.07) is 0. The quantitative estimate of drug-likeness (QED) is 0.577. The average Bonchev–Trinajstić information content (AvgIpc) is 2.14. The molecule has 0 aromatic heterocycles. The molecule has 0 bridgehead atoms. The van der Waals surface area contributed by atoms with E-state index in [0.29, 0.717) is 0 Å². The SMILES string of the molecule is NCCSCCN1CCNCC1. The van der Waals surface area contributed by atoms with E-state index in [0.717, 1.165) is 25.4 Å². The fourth-order valence-electron chi connectivity index (χ4n) is 1.31. The van der Waals surface area contributed by atoms with E-state index >= 15 is 0 Å². The lowest BCUT2D eigenvalue weighted by atomic mass is 10.4. The zero-order valence-electron chi connectivity index (χ0n) is 7.59. The first-order valence-corrected chi connectivity index (χ1v) is 5.80. The van der Waals surface area contributed by atoms with Gasteiger partial charge in [-0.2, -0.15) is 11.8 Å². The van der Waals surface area contributed by atoms with E-state index in [1.165, 1.54) is 25.4 Å². The minimum absolute atomic E-state index is 0.812. The third-order valence-corrected chi connectivity index (χ3v) is 3.02. The maximum atomic E-state index is 5.40. The number of nitrogens with one attached hydrogen (secondary N) is 1. The molecule has 4 heteroatoms. The van der Waals surface area contributed by atoms with Gasteiger partial charge >= 0.3 is 0 Å². The highest BCUT2D eigenvalue weighted by Crippen LogP contribution is 2.00. The predicted octanol–water partition coefficient (Wildman–Crippen LogP) is -0.416. The van der Waals surface area contributed by atoms with Crippen molar-refractivity contribution in [1.29, 1.82) is 0 Å². The molecule has 0 atom stereocenters. The highest BCUT2D eigenvalue weighted by atomic mass is 32.2. The first-order chi connectivity index (χ1) is 5.93. The van der Waals surface area contributed by atoms with Gasteiger partial charge in [0.2, 0.25) is 0 Å². The number of hydrogen-bond acceptors (Lipinski definition) is 4. The number of thioether (sulfide) groups is 1. The van der Waals surface area contributed by atoms with Crippen LogP contribution in [-0.4, -0.2) is 55.7 Å². The minimum atomic E-state index is 0.812. The van der Waals surface area contributed by atoms with Crippen molar-refractivity contribution in [2.45, 2.75) is 0 Å². The second-order valence-corrected chi connectivity index (χ2v) is 4.22. The smallest absolute Gasteiger partial charge is 0.0108 e. The summed E-state index contributed by atoms with van der Waals surface area (Å²) in [5.74, 6) is 2.34. The number of nitrogens with zero attached hydrogens (tertiary/aromatic N) is 1. The molecule has 0 aromatic carbocycles. The van der Waals surface area contributed by atoms with Crippen LogP contribution in [0.5, 0.6) is 0 Å². The van der Waals surface area contributed by atoms with Crippen LogP contribution >= 0.6 is 11.8 Å². The minimum Gasteiger partial charge on any atom is -0.330 e. The van der Waals surface area contributed by atoms with Crippen LogP contribution in [-0.2, 0) is 0 Å². The van der Waals surface area contributed by atoms with Crippen LogP contribution in [0.15, 0.2) is 0 Å². The fraction of sp³-hybridized carbons (Fsp3) is 1.00. The molecule has 0 aliphatic carbocycles. The lowest BCUT2D eigenvalue weighted by Gasteiger charge is -2.26. The predicted molar refractivity (Wildman–Crippen MR) is 55.7 cm³/mol. The molecule has 1 saturated heterocycles. The van der Waals surface area contributed by atoms with Crippen LogP contribution in [0.2, 0.25) is 0 Å². The molecule has 3 nitrogen and oxygen atoms in total. The van der Waals surface area contributed by atoms with E-state index in [1.54, 1.807) is 0 Å². The standard InChI is InChI=1S/C8H19N3S/c9-1-7-12-8-6-11-4-2-10-3-5-11/h10H,1-9H2. The Morgan fingerprint density at radius 2 is 2.00 bits per heavy atom.